The van der Waals surface area contributed by atoms with Crippen molar-refractivity contribution in [1.82, 2.24) is 4.90 Å². The third kappa shape index (κ3) is 5.95. The van der Waals surface area contributed by atoms with Crippen molar-refractivity contribution in [2.45, 2.75) is 52.6 Å². The average Bonchev–Trinajstić information content (AvgIpc) is 2.00. The second-order valence-electron chi connectivity index (χ2n) is 4.84. The zero-order valence-corrected chi connectivity index (χ0v) is 10.4. The number of guanidine groups is 1. The Morgan fingerprint density at radius 1 is 1.47 bits per heavy atom. The Labute approximate surface area is 92.8 Å². The van der Waals surface area contributed by atoms with E-state index >= 15 is 0 Å². The van der Waals surface area contributed by atoms with Gasteiger partial charge in [-0.3, -0.25) is 0 Å². The summed E-state index contributed by atoms with van der Waals surface area (Å²) in [7, 11) is 0. The monoisotopic (exact) mass is 210 g/mol. The first-order valence-electron chi connectivity index (χ1n) is 5.27. The Balaban J connectivity index is 4.64. The highest BCUT2D eigenvalue weighted by molar-refractivity contribution is 5.78. The number of nitrogens with zero attached hydrogens (tertiary/aromatic N) is 3. The van der Waals surface area contributed by atoms with Crippen molar-refractivity contribution in [1.29, 1.82) is 5.26 Å². The largest absolute Gasteiger partial charge is 0.370 e. The first kappa shape index (κ1) is 13.8. The number of nitrogens with two attached hydrogens (primary N) is 1. The van der Waals surface area contributed by atoms with Crippen LogP contribution in [0.15, 0.2) is 4.99 Å². The van der Waals surface area contributed by atoms with Crippen molar-refractivity contribution in [3.63, 3.8) is 0 Å². The van der Waals surface area contributed by atoms with Gasteiger partial charge in [0.15, 0.2) is 5.96 Å². The van der Waals surface area contributed by atoms with Crippen molar-refractivity contribution in [2.75, 3.05) is 6.54 Å². The van der Waals surface area contributed by atoms with Gasteiger partial charge in [-0.1, -0.05) is 0 Å². The van der Waals surface area contributed by atoms with E-state index in [1.54, 1.807) is 0 Å². The highest BCUT2D eigenvalue weighted by atomic mass is 15.3. The van der Waals surface area contributed by atoms with Gasteiger partial charge in [-0.15, -0.1) is 0 Å². The van der Waals surface area contributed by atoms with E-state index in [-0.39, 0.29) is 11.6 Å². The number of nitriles is 1. The fourth-order valence-electron chi connectivity index (χ4n) is 1.22. The van der Waals surface area contributed by atoms with Crippen molar-refractivity contribution in [2.24, 2.45) is 10.7 Å². The SMILES string of the molecule is CC(C)N(CCC#N)C(N)=NC(C)(C)C. The van der Waals surface area contributed by atoms with Crippen LogP contribution >= 0.6 is 0 Å². The maximum atomic E-state index is 8.55. The van der Waals surface area contributed by atoms with Gasteiger partial charge in [0.1, 0.15) is 0 Å². The molecule has 15 heavy (non-hydrogen) atoms. The highest BCUT2D eigenvalue weighted by Crippen LogP contribution is 2.08. The van der Waals surface area contributed by atoms with Crippen molar-refractivity contribution in [3.05, 3.63) is 0 Å². The highest BCUT2D eigenvalue weighted by Gasteiger charge is 2.15. The van der Waals surface area contributed by atoms with Crippen molar-refractivity contribution < 1.29 is 0 Å². The Kier molecular flexibility index (Phi) is 5.13. The van der Waals surface area contributed by atoms with Gasteiger partial charge in [0.05, 0.1) is 18.0 Å². The van der Waals surface area contributed by atoms with Crippen molar-refractivity contribution in [3.8, 4) is 6.07 Å². The molecule has 0 aliphatic heterocycles. The van der Waals surface area contributed by atoms with E-state index in [2.05, 4.69) is 11.1 Å². The van der Waals surface area contributed by atoms with Gasteiger partial charge in [-0.25, -0.2) is 4.99 Å². The predicted octanol–water partition coefficient (Wildman–Crippen LogP) is 1.72. The van der Waals surface area contributed by atoms with Crippen LogP contribution < -0.4 is 5.73 Å². The molecule has 0 radical (unpaired) electrons. The fourth-order valence-corrected chi connectivity index (χ4v) is 1.22. The number of hydrogen-bond acceptors (Lipinski definition) is 2. The first-order valence-corrected chi connectivity index (χ1v) is 5.27. The molecule has 0 bridgehead atoms. The van der Waals surface area contributed by atoms with E-state index in [4.69, 9.17) is 11.0 Å². The maximum absolute atomic E-state index is 8.55. The molecule has 86 valence electrons. The molecular formula is C11H22N4. The van der Waals surface area contributed by atoms with Gasteiger partial charge in [0, 0.05) is 12.6 Å². The van der Waals surface area contributed by atoms with E-state index in [0.29, 0.717) is 18.9 Å². The van der Waals surface area contributed by atoms with E-state index in [1.807, 2.05) is 39.5 Å². The lowest BCUT2D eigenvalue weighted by Crippen LogP contribution is -2.44. The molecular weight excluding hydrogens is 188 g/mol. The van der Waals surface area contributed by atoms with Gasteiger partial charge in [-0.2, -0.15) is 5.26 Å². The third-order valence-electron chi connectivity index (χ3n) is 1.83. The van der Waals surface area contributed by atoms with E-state index in [1.165, 1.54) is 0 Å². The quantitative estimate of drug-likeness (QED) is 0.570. The summed E-state index contributed by atoms with van der Waals surface area (Å²) >= 11 is 0. The second-order valence-corrected chi connectivity index (χ2v) is 4.84. The number of rotatable bonds is 3. The first-order chi connectivity index (χ1) is 6.78. The Bertz CT molecular complexity index is 255. The van der Waals surface area contributed by atoms with Gasteiger partial charge < -0.3 is 10.6 Å². The molecule has 0 atom stereocenters. The van der Waals surface area contributed by atoms with Gasteiger partial charge in [0.25, 0.3) is 0 Å². The van der Waals surface area contributed by atoms with E-state index in [0.717, 1.165) is 0 Å². The number of hydrogen-bond donors (Lipinski definition) is 1. The van der Waals surface area contributed by atoms with Crippen LogP contribution in [-0.2, 0) is 0 Å². The average molecular weight is 210 g/mol. The van der Waals surface area contributed by atoms with E-state index < -0.39 is 0 Å². The van der Waals surface area contributed by atoms with E-state index in [9.17, 15) is 0 Å². The van der Waals surface area contributed by atoms with Gasteiger partial charge >= 0.3 is 0 Å². The molecule has 0 aliphatic carbocycles. The molecule has 0 aromatic carbocycles. The van der Waals surface area contributed by atoms with Crippen LogP contribution in [0.2, 0.25) is 0 Å². The summed E-state index contributed by atoms with van der Waals surface area (Å²) in [6.07, 6.45) is 0.471. The molecule has 0 saturated heterocycles. The second kappa shape index (κ2) is 5.59. The molecule has 0 rings (SSSR count). The topological polar surface area (TPSA) is 65.4 Å². The van der Waals surface area contributed by atoms with Crippen LogP contribution in [0.5, 0.6) is 0 Å². The molecule has 4 heteroatoms. The minimum Gasteiger partial charge on any atom is -0.370 e. The lowest BCUT2D eigenvalue weighted by molar-refractivity contribution is 0.347. The molecule has 2 N–H and O–H groups in total. The zero-order valence-electron chi connectivity index (χ0n) is 10.4. The molecule has 0 unspecified atom stereocenters. The molecule has 0 spiro atoms. The normalized spacial score (nSPS) is 12.7. The third-order valence-corrected chi connectivity index (χ3v) is 1.83. The summed E-state index contributed by atoms with van der Waals surface area (Å²) in [5.41, 5.74) is 5.74. The molecule has 0 heterocycles. The summed E-state index contributed by atoms with van der Waals surface area (Å²) in [6.45, 7) is 10.7. The summed E-state index contributed by atoms with van der Waals surface area (Å²) in [6, 6.07) is 2.39. The minimum absolute atomic E-state index is 0.177. The predicted molar refractivity (Wildman–Crippen MR) is 63.4 cm³/mol. The van der Waals surface area contributed by atoms with Crippen LogP contribution in [0.4, 0.5) is 0 Å². The molecule has 0 fully saturated rings. The molecule has 0 aromatic heterocycles. The zero-order chi connectivity index (χ0) is 12.1. The fraction of sp³-hybridized carbons (Fsp3) is 0.818. The molecule has 0 saturated carbocycles. The summed E-state index contributed by atoms with van der Waals surface area (Å²) < 4.78 is 0. The van der Waals surface area contributed by atoms with Crippen LogP contribution in [0.25, 0.3) is 0 Å². The maximum Gasteiger partial charge on any atom is 0.192 e. The Morgan fingerprint density at radius 3 is 2.33 bits per heavy atom. The van der Waals surface area contributed by atoms with Crippen LogP contribution in [-0.4, -0.2) is 29.0 Å². The lowest BCUT2D eigenvalue weighted by Gasteiger charge is -2.28. The molecule has 0 amide bonds. The lowest BCUT2D eigenvalue weighted by atomic mass is 10.1. The van der Waals surface area contributed by atoms with Crippen molar-refractivity contribution >= 4 is 5.96 Å². The summed E-state index contributed by atoms with van der Waals surface area (Å²) in [4.78, 5) is 6.35. The molecule has 4 nitrogen and oxygen atoms in total. The summed E-state index contributed by atoms with van der Waals surface area (Å²) in [5.74, 6) is 0.521. The summed E-state index contributed by atoms with van der Waals surface area (Å²) in [5, 5.41) is 8.55. The number of aliphatic imine (C=N–C) groups is 1. The Morgan fingerprint density at radius 2 is 2.00 bits per heavy atom. The van der Waals surface area contributed by atoms with Crippen LogP contribution in [0.3, 0.4) is 0 Å². The van der Waals surface area contributed by atoms with Crippen LogP contribution in [0, 0.1) is 11.3 Å². The van der Waals surface area contributed by atoms with Gasteiger partial charge in [0.2, 0.25) is 0 Å². The van der Waals surface area contributed by atoms with Gasteiger partial charge in [-0.05, 0) is 34.6 Å². The smallest absolute Gasteiger partial charge is 0.192 e. The molecule has 0 aliphatic rings. The Hall–Kier alpha value is -1.24. The minimum atomic E-state index is -0.177. The van der Waals surface area contributed by atoms with Crippen LogP contribution in [0.1, 0.15) is 41.0 Å². The molecule has 0 aromatic rings. The standard InChI is InChI=1S/C11H22N4/c1-9(2)15(8-6-7-12)10(13)14-11(3,4)5/h9H,6,8H2,1-5H3,(H2,13,14).